The van der Waals surface area contributed by atoms with Crippen molar-refractivity contribution in [2.75, 3.05) is 12.4 Å². The van der Waals surface area contributed by atoms with E-state index in [1.807, 2.05) is 0 Å². The van der Waals surface area contributed by atoms with E-state index in [1.54, 1.807) is 19.3 Å². The average molecular weight is 362 g/mol. The minimum Gasteiger partial charge on any atom is -0.372 e. The molecule has 0 aliphatic heterocycles. The first-order chi connectivity index (χ1) is 9.42. The van der Waals surface area contributed by atoms with Crippen LogP contribution in [-0.4, -0.2) is 26.5 Å². The summed E-state index contributed by atoms with van der Waals surface area (Å²) in [7, 11) is -1.89. The van der Waals surface area contributed by atoms with E-state index in [2.05, 4.69) is 37.9 Å². The fourth-order valence-electron chi connectivity index (χ4n) is 2.64. The summed E-state index contributed by atoms with van der Waals surface area (Å²) in [5.41, 5.74) is 0. The number of anilines is 1. The Bertz CT molecular complexity index is 577. The van der Waals surface area contributed by atoms with Gasteiger partial charge < -0.3 is 5.32 Å². The summed E-state index contributed by atoms with van der Waals surface area (Å²) in [5.74, 6) is 0.936. The van der Waals surface area contributed by atoms with E-state index < -0.39 is 10.0 Å². The smallest absolute Gasteiger partial charge is 0.244 e. The van der Waals surface area contributed by atoms with Crippen molar-refractivity contribution in [2.45, 2.75) is 43.5 Å². The second-order valence-corrected chi connectivity index (χ2v) is 7.94. The second-order valence-electron chi connectivity index (χ2n) is 5.34. The molecule has 0 amide bonds. The van der Waals surface area contributed by atoms with Gasteiger partial charge in [0, 0.05) is 23.8 Å². The highest BCUT2D eigenvalue weighted by molar-refractivity contribution is 9.10. The van der Waals surface area contributed by atoms with E-state index in [-0.39, 0.29) is 10.9 Å². The van der Waals surface area contributed by atoms with Crippen LogP contribution in [0.4, 0.5) is 5.82 Å². The normalized spacial score (nSPS) is 23.6. The van der Waals surface area contributed by atoms with Gasteiger partial charge in [-0.2, -0.15) is 0 Å². The summed E-state index contributed by atoms with van der Waals surface area (Å²) < 4.78 is 28.5. The number of aromatic nitrogens is 1. The Morgan fingerprint density at radius 2 is 2.15 bits per heavy atom. The van der Waals surface area contributed by atoms with Gasteiger partial charge >= 0.3 is 0 Å². The summed E-state index contributed by atoms with van der Waals surface area (Å²) in [6.45, 7) is 2.17. The van der Waals surface area contributed by atoms with Gasteiger partial charge in [0.05, 0.1) is 0 Å². The van der Waals surface area contributed by atoms with Crippen molar-refractivity contribution in [1.82, 2.24) is 9.71 Å². The zero-order valence-corrected chi connectivity index (χ0v) is 14.1. The van der Waals surface area contributed by atoms with Gasteiger partial charge in [-0.25, -0.2) is 18.1 Å². The van der Waals surface area contributed by atoms with Crippen LogP contribution < -0.4 is 10.0 Å². The molecule has 2 atom stereocenters. The molecule has 0 radical (unpaired) electrons. The third-order valence-electron chi connectivity index (χ3n) is 3.60. The third kappa shape index (κ3) is 3.71. The Labute approximate surface area is 128 Å². The molecule has 0 aromatic carbocycles. The standard InChI is InChI=1S/C13H20BrN3O2S/c1-9-4-3-5-11(6-9)17-20(18,19)12-7-10(14)8-16-13(12)15-2/h7-9,11,17H,3-6H2,1-2H3,(H,15,16). The molecule has 1 heterocycles. The van der Waals surface area contributed by atoms with E-state index in [0.29, 0.717) is 16.2 Å². The zero-order chi connectivity index (χ0) is 14.8. The fourth-order valence-corrected chi connectivity index (χ4v) is 4.59. The molecule has 5 nitrogen and oxygen atoms in total. The molecular weight excluding hydrogens is 342 g/mol. The fraction of sp³-hybridized carbons (Fsp3) is 0.615. The molecule has 1 aromatic heterocycles. The number of nitrogens with zero attached hydrogens (tertiary/aromatic N) is 1. The molecular formula is C13H20BrN3O2S. The van der Waals surface area contributed by atoms with Crippen molar-refractivity contribution in [2.24, 2.45) is 5.92 Å². The second kappa shape index (κ2) is 6.41. The number of rotatable bonds is 4. The van der Waals surface area contributed by atoms with Gasteiger partial charge in [-0.05, 0) is 40.8 Å². The third-order valence-corrected chi connectivity index (χ3v) is 5.57. The summed E-state index contributed by atoms with van der Waals surface area (Å²) in [5, 5.41) is 2.82. The first-order valence-corrected chi connectivity index (χ1v) is 9.05. The molecule has 1 fully saturated rings. The first-order valence-electron chi connectivity index (χ1n) is 6.78. The highest BCUT2D eigenvalue weighted by Crippen LogP contribution is 2.27. The number of halogens is 1. The largest absolute Gasteiger partial charge is 0.372 e. The molecule has 2 N–H and O–H groups in total. The van der Waals surface area contributed by atoms with Gasteiger partial charge in [0.2, 0.25) is 10.0 Å². The van der Waals surface area contributed by atoms with Crippen LogP contribution in [0, 0.1) is 5.92 Å². The van der Waals surface area contributed by atoms with Crippen LogP contribution in [0.15, 0.2) is 21.6 Å². The van der Waals surface area contributed by atoms with Crippen molar-refractivity contribution >= 4 is 31.8 Å². The van der Waals surface area contributed by atoms with Gasteiger partial charge in [-0.3, -0.25) is 0 Å². The van der Waals surface area contributed by atoms with E-state index >= 15 is 0 Å². The minimum atomic E-state index is -3.55. The Morgan fingerprint density at radius 1 is 1.40 bits per heavy atom. The molecule has 2 rings (SSSR count). The predicted octanol–water partition coefficient (Wildman–Crippen LogP) is 2.74. The van der Waals surface area contributed by atoms with Crippen LogP contribution in [0.25, 0.3) is 0 Å². The van der Waals surface area contributed by atoms with Gasteiger partial charge in [-0.15, -0.1) is 0 Å². The minimum absolute atomic E-state index is 0.0208. The summed E-state index contributed by atoms with van der Waals surface area (Å²) >= 11 is 3.27. The van der Waals surface area contributed by atoms with Gasteiger partial charge in [0.15, 0.2) is 0 Å². The Morgan fingerprint density at radius 3 is 2.80 bits per heavy atom. The number of hydrogen-bond acceptors (Lipinski definition) is 4. The SMILES string of the molecule is CNc1ncc(Br)cc1S(=O)(=O)NC1CCCC(C)C1. The number of pyridine rings is 1. The van der Waals surface area contributed by atoms with Crippen molar-refractivity contribution in [3.8, 4) is 0 Å². The first kappa shape index (κ1) is 15.7. The van der Waals surface area contributed by atoms with Gasteiger partial charge in [0.25, 0.3) is 0 Å². The molecule has 112 valence electrons. The molecule has 1 aromatic rings. The molecule has 2 unspecified atom stereocenters. The maximum absolute atomic E-state index is 12.5. The van der Waals surface area contributed by atoms with E-state index in [4.69, 9.17) is 0 Å². The van der Waals surface area contributed by atoms with Gasteiger partial charge in [-0.1, -0.05) is 19.8 Å². The molecule has 0 bridgehead atoms. The lowest BCUT2D eigenvalue weighted by Crippen LogP contribution is -2.38. The maximum atomic E-state index is 12.5. The number of sulfonamides is 1. The Kier molecular flexibility index (Phi) is 5.04. The van der Waals surface area contributed by atoms with Crippen LogP contribution in [0.3, 0.4) is 0 Å². The lowest BCUT2D eigenvalue weighted by molar-refractivity contribution is 0.327. The Hall–Kier alpha value is -0.660. The monoisotopic (exact) mass is 361 g/mol. The molecule has 1 aliphatic carbocycles. The van der Waals surface area contributed by atoms with Crippen LogP contribution >= 0.6 is 15.9 Å². The van der Waals surface area contributed by atoms with Crippen molar-refractivity contribution in [3.05, 3.63) is 16.7 Å². The zero-order valence-electron chi connectivity index (χ0n) is 11.7. The van der Waals surface area contributed by atoms with Crippen LogP contribution in [-0.2, 0) is 10.0 Å². The average Bonchev–Trinajstić information content (AvgIpc) is 2.38. The predicted molar refractivity (Wildman–Crippen MR) is 83.2 cm³/mol. The van der Waals surface area contributed by atoms with Crippen molar-refractivity contribution in [3.63, 3.8) is 0 Å². The summed E-state index contributed by atoms with van der Waals surface area (Å²) in [4.78, 5) is 4.28. The van der Waals surface area contributed by atoms with Gasteiger partial charge in [0.1, 0.15) is 10.7 Å². The van der Waals surface area contributed by atoms with Crippen LogP contribution in [0.2, 0.25) is 0 Å². The topological polar surface area (TPSA) is 71.1 Å². The molecule has 0 saturated heterocycles. The molecule has 1 saturated carbocycles. The lowest BCUT2D eigenvalue weighted by atomic mass is 9.88. The van der Waals surface area contributed by atoms with Crippen molar-refractivity contribution < 1.29 is 8.42 Å². The van der Waals surface area contributed by atoms with Crippen LogP contribution in [0.5, 0.6) is 0 Å². The quantitative estimate of drug-likeness (QED) is 0.864. The van der Waals surface area contributed by atoms with E-state index in [9.17, 15) is 8.42 Å². The van der Waals surface area contributed by atoms with Crippen molar-refractivity contribution in [1.29, 1.82) is 0 Å². The summed E-state index contributed by atoms with van der Waals surface area (Å²) in [6, 6.07) is 1.60. The van der Waals surface area contributed by atoms with E-state index in [1.165, 1.54) is 6.42 Å². The van der Waals surface area contributed by atoms with E-state index in [0.717, 1.165) is 19.3 Å². The highest BCUT2D eigenvalue weighted by Gasteiger charge is 2.26. The molecule has 20 heavy (non-hydrogen) atoms. The molecule has 1 aliphatic rings. The highest BCUT2D eigenvalue weighted by atomic mass is 79.9. The summed E-state index contributed by atoms with van der Waals surface area (Å²) in [6.07, 6.45) is 5.63. The lowest BCUT2D eigenvalue weighted by Gasteiger charge is -2.27. The molecule has 0 spiro atoms. The number of hydrogen-bond donors (Lipinski definition) is 2. The van der Waals surface area contributed by atoms with Crippen LogP contribution in [0.1, 0.15) is 32.6 Å². The number of nitrogens with one attached hydrogen (secondary N) is 2. The maximum Gasteiger partial charge on any atom is 0.244 e. The Balaban J connectivity index is 2.24. The molecule has 7 heteroatoms.